The van der Waals surface area contributed by atoms with Crippen LogP contribution in [0.2, 0.25) is 0 Å². The molecule has 0 aliphatic heterocycles. The summed E-state index contributed by atoms with van der Waals surface area (Å²) >= 11 is 5.17. The van der Waals surface area contributed by atoms with Crippen LogP contribution in [-0.2, 0) is 4.79 Å². The van der Waals surface area contributed by atoms with Crippen molar-refractivity contribution in [2.45, 2.75) is 0 Å². The molecule has 8 heteroatoms. The Morgan fingerprint density at radius 3 is 2.04 bits per heavy atom. The van der Waals surface area contributed by atoms with Gasteiger partial charge < -0.3 is 24.3 Å². The number of hydrogen-bond donors (Lipinski definition) is 2. The quantitative estimate of drug-likeness (QED) is 0.544. The summed E-state index contributed by atoms with van der Waals surface area (Å²) in [6.45, 7) is 0. The minimum atomic E-state index is -0.368. The van der Waals surface area contributed by atoms with Crippen molar-refractivity contribution >= 4 is 35.0 Å². The summed E-state index contributed by atoms with van der Waals surface area (Å²) in [5.41, 5.74) is 1.44. The summed E-state index contributed by atoms with van der Waals surface area (Å²) in [6.07, 6.45) is 3.03. The zero-order valence-electron chi connectivity index (χ0n) is 16.1. The Kier molecular flexibility index (Phi) is 7.65. The minimum Gasteiger partial charge on any atom is -0.493 e. The Balaban J connectivity index is 1.97. The van der Waals surface area contributed by atoms with Gasteiger partial charge in [-0.25, -0.2) is 0 Å². The van der Waals surface area contributed by atoms with Gasteiger partial charge in [-0.15, -0.1) is 0 Å². The lowest BCUT2D eigenvalue weighted by atomic mass is 10.2. The van der Waals surface area contributed by atoms with Gasteiger partial charge in [0, 0.05) is 17.8 Å². The van der Waals surface area contributed by atoms with Crippen molar-refractivity contribution in [3.63, 3.8) is 0 Å². The van der Waals surface area contributed by atoms with Gasteiger partial charge in [-0.2, -0.15) is 0 Å². The van der Waals surface area contributed by atoms with Gasteiger partial charge >= 0.3 is 0 Å². The van der Waals surface area contributed by atoms with Gasteiger partial charge in [-0.3, -0.25) is 10.1 Å². The predicted octanol–water partition coefficient (Wildman–Crippen LogP) is 3.25. The van der Waals surface area contributed by atoms with Gasteiger partial charge in [-0.1, -0.05) is 6.07 Å². The molecule has 0 aliphatic rings. The molecule has 2 N–H and O–H groups in total. The van der Waals surface area contributed by atoms with E-state index in [2.05, 4.69) is 10.6 Å². The second-order valence-electron chi connectivity index (χ2n) is 5.46. The predicted molar refractivity (Wildman–Crippen MR) is 112 cm³/mol. The Hall–Kier alpha value is -3.26. The molecular weight excluding hydrogens is 380 g/mol. The van der Waals surface area contributed by atoms with Crippen LogP contribution in [-0.4, -0.2) is 39.5 Å². The first-order chi connectivity index (χ1) is 13.5. The van der Waals surface area contributed by atoms with E-state index in [0.29, 0.717) is 28.7 Å². The molecule has 0 saturated carbocycles. The fourth-order valence-electron chi connectivity index (χ4n) is 2.36. The van der Waals surface area contributed by atoms with Crippen molar-refractivity contribution in [1.82, 2.24) is 5.32 Å². The number of hydrogen-bond acceptors (Lipinski definition) is 6. The van der Waals surface area contributed by atoms with Gasteiger partial charge in [0.15, 0.2) is 28.1 Å². The Labute approximate surface area is 169 Å². The number of rotatable bonds is 7. The number of benzene rings is 2. The Morgan fingerprint density at radius 1 is 0.857 bits per heavy atom. The first-order valence-corrected chi connectivity index (χ1v) is 8.65. The molecule has 0 radical (unpaired) electrons. The van der Waals surface area contributed by atoms with E-state index in [-0.39, 0.29) is 11.0 Å². The summed E-state index contributed by atoms with van der Waals surface area (Å²) in [5, 5.41) is 5.67. The monoisotopic (exact) mass is 402 g/mol. The van der Waals surface area contributed by atoms with E-state index in [1.54, 1.807) is 64.8 Å². The highest BCUT2D eigenvalue weighted by Crippen LogP contribution is 2.30. The highest BCUT2D eigenvalue weighted by atomic mass is 32.1. The number of nitrogens with one attached hydrogen (secondary N) is 2. The van der Waals surface area contributed by atoms with Crippen LogP contribution < -0.4 is 29.6 Å². The first kappa shape index (κ1) is 21.0. The molecule has 0 spiro atoms. The molecule has 2 rings (SSSR count). The zero-order chi connectivity index (χ0) is 20.5. The molecule has 7 nitrogen and oxygen atoms in total. The highest BCUT2D eigenvalue weighted by Gasteiger charge is 2.07. The molecule has 0 fully saturated rings. The van der Waals surface area contributed by atoms with Crippen molar-refractivity contribution < 1.29 is 23.7 Å². The number of carbonyl (C=O) groups excluding carboxylic acids is 1. The van der Waals surface area contributed by atoms with E-state index in [1.807, 2.05) is 6.07 Å². The first-order valence-electron chi connectivity index (χ1n) is 8.24. The van der Waals surface area contributed by atoms with E-state index in [4.69, 9.17) is 31.2 Å². The van der Waals surface area contributed by atoms with Gasteiger partial charge in [-0.05, 0) is 48.1 Å². The molecule has 0 unspecified atom stereocenters. The third-order valence-corrected chi connectivity index (χ3v) is 3.92. The molecule has 148 valence electrons. The fraction of sp³-hybridized carbons (Fsp3) is 0.200. The van der Waals surface area contributed by atoms with Crippen LogP contribution in [0.5, 0.6) is 23.0 Å². The van der Waals surface area contributed by atoms with Crippen molar-refractivity contribution in [3.8, 4) is 23.0 Å². The smallest absolute Gasteiger partial charge is 0.250 e. The second-order valence-corrected chi connectivity index (χ2v) is 5.87. The number of methoxy groups -OCH3 is 4. The fourth-order valence-corrected chi connectivity index (χ4v) is 2.58. The van der Waals surface area contributed by atoms with E-state index in [9.17, 15) is 4.79 Å². The Bertz CT molecular complexity index is 883. The van der Waals surface area contributed by atoms with Crippen LogP contribution in [0, 0.1) is 0 Å². The van der Waals surface area contributed by atoms with Gasteiger partial charge in [0.2, 0.25) is 5.91 Å². The number of thiocarbonyl (C=S) groups is 1. The third kappa shape index (κ3) is 5.62. The van der Waals surface area contributed by atoms with Crippen molar-refractivity contribution in [2.24, 2.45) is 0 Å². The maximum absolute atomic E-state index is 12.1. The van der Waals surface area contributed by atoms with Crippen LogP contribution in [0.4, 0.5) is 5.69 Å². The largest absolute Gasteiger partial charge is 0.493 e. The number of ether oxygens (including phenoxy) is 4. The molecular formula is C20H22N2O5S. The molecule has 0 heterocycles. The summed E-state index contributed by atoms with van der Waals surface area (Å²) in [5.74, 6) is 1.98. The van der Waals surface area contributed by atoms with Crippen LogP contribution in [0.3, 0.4) is 0 Å². The topological polar surface area (TPSA) is 78.1 Å². The summed E-state index contributed by atoms with van der Waals surface area (Å²) < 4.78 is 20.8. The molecule has 28 heavy (non-hydrogen) atoms. The summed E-state index contributed by atoms with van der Waals surface area (Å²) in [4.78, 5) is 12.1. The van der Waals surface area contributed by atoms with Gasteiger partial charge in [0.1, 0.15) is 0 Å². The van der Waals surface area contributed by atoms with Crippen molar-refractivity contribution in [3.05, 3.63) is 48.0 Å². The lowest BCUT2D eigenvalue weighted by molar-refractivity contribution is -0.115. The van der Waals surface area contributed by atoms with Crippen LogP contribution in [0.25, 0.3) is 6.08 Å². The molecule has 0 aliphatic carbocycles. The van der Waals surface area contributed by atoms with Gasteiger partial charge in [0.25, 0.3) is 0 Å². The molecule has 2 aromatic rings. The lowest BCUT2D eigenvalue weighted by Gasteiger charge is -2.12. The second kappa shape index (κ2) is 10.2. The van der Waals surface area contributed by atoms with Crippen molar-refractivity contribution in [2.75, 3.05) is 33.8 Å². The maximum atomic E-state index is 12.1. The van der Waals surface area contributed by atoms with Crippen LogP contribution in [0.1, 0.15) is 5.56 Å². The minimum absolute atomic E-state index is 0.161. The number of amides is 1. The standard InChI is InChI=1S/C20H22N2O5S/c1-24-15-8-5-13(11-17(15)26-3)6-10-19(23)22-20(28)21-14-7-9-16(25-2)18(12-14)27-4/h5-12H,1-4H3,(H2,21,22,23,28)/b10-6+. The summed E-state index contributed by atoms with van der Waals surface area (Å²) in [7, 11) is 6.21. The maximum Gasteiger partial charge on any atom is 0.250 e. The zero-order valence-corrected chi connectivity index (χ0v) is 16.9. The molecule has 0 bridgehead atoms. The number of anilines is 1. The third-order valence-electron chi connectivity index (χ3n) is 3.71. The normalized spacial score (nSPS) is 10.3. The number of carbonyl (C=O) groups is 1. The Morgan fingerprint density at radius 2 is 1.43 bits per heavy atom. The van der Waals surface area contributed by atoms with E-state index >= 15 is 0 Å². The highest BCUT2D eigenvalue weighted by molar-refractivity contribution is 7.80. The average molecular weight is 402 g/mol. The molecule has 0 saturated heterocycles. The van der Waals surface area contributed by atoms with Crippen LogP contribution in [0.15, 0.2) is 42.5 Å². The molecule has 1 amide bonds. The van der Waals surface area contributed by atoms with E-state index in [0.717, 1.165) is 5.56 Å². The van der Waals surface area contributed by atoms with E-state index < -0.39 is 0 Å². The summed E-state index contributed by atoms with van der Waals surface area (Å²) in [6, 6.07) is 10.6. The molecule has 2 aromatic carbocycles. The lowest BCUT2D eigenvalue weighted by Crippen LogP contribution is -2.32. The van der Waals surface area contributed by atoms with Crippen LogP contribution >= 0.6 is 12.2 Å². The SMILES string of the molecule is COc1ccc(/C=C/C(=O)NC(=S)Nc2ccc(OC)c(OC)c2)cc1OC. The average Bonchev–Trinajstić information content (AvgIpc) is 2.71. The molecule has 0 atom stereocenters. The van der Waals surface area contributed by atoms with Gasteiger partial charge in [0.05, 0.1) is 28.4 Å². The van der Waals surface area contributed by atoms with Crippen molar-refractivity contribution in [1.29, 1.82) is 0 Å². The van der Waals surface area contributed by atoms with E-state index in [1.165, 1.54) is 6.08 Å². The molecule has 0 aromatic heterocycles.